The normalized spacial score (nSPS) is 21.2. The molecule has 0 spiro atoms. The number of carboxylic acid groups (broad SMARTS) is 1. The average molecular weight is 209 g/mol. The molecule has 1 aliphatic heterocycles. The fraction of sp³-hybridized carbons (Fsp3) is 0.333. The van der Waals surface area contributed by atoms with E-state index in [0.717, 1.165) is 6.21 Å². The van der Waals surface area contributed by atoms with Crippen LogP contribution in [0.1, 0.15) is 0 Å². The van der Waals surface area contributed by atoms with Crippen LogP contribution < -0.4 is 5.73 Å². The molecule has 0 amide bonds. The molecule has 3 N–H and O–H groups in total. The highest BCUT2D eigenvalue weighted by atomic mass is 35.5. The van der Waals surface area contributed by atoms with Crippen LogP contribution in [0.5, 0.6) is 0 Å². The molecule has 6 heteroatoms. The first-order valence-corrected chi connectivity index (χ1v) is 3.82. The van der Waals surface area contributed by atoms with E-state index in [2.05, 4.69) is 4.99 Å². The molecule has 0 saturated carbocycles. The third-order valence-corrected chi connectivity index (χ3v) is 2.07. The Balaban J connectivity index is 3.12. The Morgan fingerprint density at radius 3 is 2.75 bits per heavy atom. The maximum absolute atomic E-state index is 10.5. The van der Waals surface area contributed by atoms with Gasteiger partial charge in [-0.1, -0.05) is 23.2 Å². The number of hydrogen-bond acceptors (Lipinski definition) is 3. The van der Waals surface area contributed by atoms with Gasteiger partial charge >= 0.3 is 5.97 Å². The lowest BCUT2D eigenvalue weighted by Crippen LogP contribution is -2.33. The molecule has 12 heavy (non-hydrogen) atoms. The van der Waals surface area contributed by atoms with E-state index in [1.165, 1.54) is 0 Å². The minimum atomic E-state index is -1.39. The third kappa shape index (κ3) is 1.54. The van der Waals surface area contributed by atoms with Crippen molar-refractivity contribution in [3.05, 3.63) is 11.3 Å². The molecule has 0 bridgehead atoms. The summed E-state index contributed by atoms with van der Waals surface area (Å²) in [5, 5.41) is 8.59. The van der Waals surface area contributed by atoms with Crippen LogP contribution >= 0.6 is 23.2 Å². The van der Waals surface area contributed by atoms with Crippen molar-refractivity contribution in [1.29, 1.82) is 0 Å². The largest absolute Gasteiger partial charge is 0.478 e. The van der Waals surface area contributed by atoms with Crippen LogP contribution in [0.15, 0.2) is 16.3 Å². The quantitative estimate of drug-likeness (QED) is 0.619. The van der Waals surface area contributed by atoms with Crippen molar-refractivity contribution in [1.82, 2.24) is 0 Å². The van der Waals surface area contributed by atoms with Gasteiger partial charge in [0.25, 0.3) is 0 Å². The van der Waals surface area contributed by atoms with Gasteiger partial charge in [0.1, 0.15) is 0 Å². The Morgan fingerprint density at radius 2 is 2.33 bits per heavy atom. The predicted octanol–water partition coefficient (Wildman–Crippen LogP) is 0.542. The van der Waals surface area contributed by atoms with Gasteiger partial charge in [-0.05, 0) is 0 Å². The zero-order valence-electron chi connectivity index (χ0n) is 5.92. The van der Waals surface area contributed by atoms with E-state index < -0.39 is 10.3 Å². The van der Waals surface area contributed by atoms with E-state index >= 15 is 0 Å². The zero-order valence-corrected chi connectivity index (χ0v) is 7.43. The summed E-state index contributed by atoms with van der Waals surface area (Å²) in [7, 11) is 0. The molecule has 0 unspecified atom stereocenters. The summed E-state index contributed by atoms with van der Waals surface area (Å²) < 4.78 is -1.39. The lowest BCUT2D eigenvalue weighted by atomic mass is 10.1. The van der Waals surface area contributed by atoms with Crippen LogP contribution in [0.4, 0.5) is 0 Å². The lowest BCUT2D eigenvalue weighted by molar-refractivity contribution is -0.132. The van der Waals surface area contributed by atoms with Gasteiger partial charge < -0.3 is 10.8 Å². The van der Waals surface area contributed by atoms with Crippen LogP contribution in [0.25, 0.3) is 0 Å². The van der Waals surface area contributed by atoms with E-state index in [-0.39, 0.29) is 17.8 Å². The molecule has 0 saturated heterocycles. The fourth-order valence-corrected chi connectivity index (χ4v) is 1.12. The van der Waals surface area contributed by atoms with Crippen molar-refractivity contribution in [3.8, 4) is 0 Å². The standard InChI is InChI=1S/C6H6Cl2N2O2/c7-6(8)2-10-1-3(4(6)9)5(11)12/h1H,2,9H2,(H,11,12). The number of dihydropyridines is 1. The fourth-order valence-electron chi connectivity index (χ4n) is 0.774. The van der Waals surface area contributed by atoms with Gasteiger partial charge in [-0.2, -0.15) is 0 Å². The minimum Gasteiger partial charge on any atom is -0.478 e. The first-order chi connectivity index (χ1) is 5.45. The van der Waals surface area contributed by atoms with Crippen molar-refractivity contribution in [3.63, 3.8) is 0 Å². The Bertz CT molecular complexity index is 283. The zero-order chi connectivity index (χ0) is 9.35. The average Bonchev–Trinajstić information content (AvgIpc) is 1.94. The number of carboxylic acids is 1. The van der Waals surface area contributed by atoms with Crippen LogP contribution in [0.2, 0.25) is 0 Å². The molecule has 1 aliphatic rings. The van der Waals surface area contributed by atoms with E-state index in [4.69, 9.17) is 34.0 Å². The molecular formula is C6H6Cl2N2O2. The summed E-state index contributed by atoms with van der Waals surface area (Å²) in [6.07, 6.45) is 1.15. The van der Waals surface area contributed by atoms with Gasteiger partial charge in [0.15, 0.2) is 4.33 Å². The van der Waals surface area contributed by atoms with Crippen molar-refractivity contribution in [2.75, 3.05) is 6.54 Å². The molecule has 1 rings (SSSR count). The predicted molar refractivity (Wildman–Crippen MR) is 46.6 cm³/mol. The molecule has 0 aromatic heterocycles. The van der Waals surface area contributed by atoms with Crippen LogP contribution in [-0.2, 0) is 4.79 Å². The number of aliphatic imine (C=N–C) groups is 1. The van der Waals surface area contributed by atoms with Crippen LogP contribution in [-0.4, -0.2) is 28.2 Å². The second-order valence-electron chi connectivity index (χ2n) is 2.31. The summed E-state index contributed by atoms with van der Waals surface area (Å²) in [4.78, 5) is 14.2. The number of aliphatic carboxylic acids is 1. The monoisotopic (exact) mass is 208 g/mol. The first kappa shape index (κ1) is 9.35. The molecule has 66 valence electrons. The molecule has 0 fully saturated rings. The Labute approximate surface area is 78.7 Å². The summed E-state index contributed by atoms with van der Waals surface area (Å²) >= 11 is 11.3. The van der Waals surface area contributed by atoms with Crippen LogP contribution in [0, 0.1) is 0 Å². The molecule has 0 aliphatic carbocycles. The van der Waals surface area contributed by atoms with Crippen molar-refractivity contribution >= 4 is 35.4 Å². The number of carbonyl (C=O) groups is 1. The van der Waals surface area contributed by atoms with Gasteiger partial charge in [0, 0.05) is 6.21 Å². The summed E-state index contributed by atoms with van der Waals surface area (Å²) in [5.74, 6) is -1.18. The first-order valence-electron chi connectivity index (χ1n) is 3.06. The molecule has 0 aromatic rings. The Morgan fingerprint density at radius 1 is 1.75 bits per heavy atom. The second-order valence-corrected chi connectivity index (χ2v) is 3.79. The highest BCUT2D eigenvalue weighted by Crippen LogP contribution is 2.31. The van der Waals surface area contributed by atoms with Gasteiger partial charge in [-0.3, -0.25) is 4.99 Å². The van der Waals surface area contributed by atoms with Gasteiger partial charge in [-0.15, -0.1) is 0 Å². The molecule has 0 atom stereocenters. The lowest BCUT2D eigenvalue weighted by Gasteiger charge is -2.22. The number of nitrogens with zero attached hydrogens (tertiary/aromatic N) is 1. The summed E-state index contributed by atoms with van der Waals surface area (Å²) in [6, 6.07) is 0. The molecular weight excluding hydrogens is 203 g/mol. The van der Waals surface area contributed by atoms with Gasteiger partial charge in [-0.25, -0.2) is 4.79 Å². The maximum atomic E-state index is 10.5. The van der Waals surface area contributed by atoms with E-state index in [9.17, 15) is 4.79 Å². The number of hydrogen-bond donors (Lipinski definition) is 2. The van der Waals surface area contributed by atoms with Crippen LogP contribution in [0.3, 0.4) is 0 Å². The van der Waals surface area contributed by atoms with Gasteiger partial charge in [0.2, 0.25) is 0 Å². The smallest absolute Gasteiger partial charge is 0.339 e. The molecule has 0 radical (unpaired) electrons. The number of nitrogens with two attached hydrogens (primary N) is 1. The minimum absolute atomic E-state index is 0.0617. The Kier molecular flexibility index (Phi) is 2.30. The molecule has 4 nitrogen and oxygen atoms in total. The summed E-state index contributed by atoms with van der Waals surface area (Å²) in [6.45, 7) is 0.0821. The second kappa shape index (κ2) is 2.95. The topological polar surface area (TPSA) is 75.7 Å². The maximum Gasteiger partial charge on any atom is 0.339 e. The number of rotatable bonds is 1. The van der Waals surface area contributed by atoms with E-state index in [1.807, 2.05) is 0 Å². The third-order valence-electron chi connectivity index (χ3n) is 1.42. The molecule has 1 heterocycles. The van der Waals surface area contributed by atoms with E-state index in [1.54, 1.807) is 0 Å². The number of halogens is 2. The van der Waals surface area contributed by atoms with Crippen molar-refractivity contribution in [2.45, 2.75) is 4.33 Å². The number of alkyl halides is 2. The van der Waals surface area contributed by atoms with E-state index in [0.29, 0.717) is 0 Å². The highest BCUT2D eigenvalue weighted by Gasteiger charge is 2.33. The SMILES string of the molecule is NC1=C(C(=O)O)C=NCC1(Cl)Cl. The molecule has 0 aromatic carbocycles. The highest BCUT2D eigenvalue weighted by molar-refractivity contribution is 6.51. The summed E-state index contributed by atoms with van der Waals surface area (Å²) in [5.41, 5.74) is 5.19. The van der Waals surface area contributed by atoms with Crippen molar-refractivity contribution in [2.24, 2.45) is 10.7 Å². The Hall–Kier alpha value is -0.740. The van der Waals surface area contributed by atoms with Gasteiger partial charge in [0.05, 0.1) is 17.8 Å². The van der Waals surface area contributed by atoms with Crippen molar-refractivity contribution < 1.29 is 9.90 Å².